The highest BCUT2D eigenvalue weighted by Crippen LogP contribution is 2.46. The number of hydrogen-bond acceptors (Lipinski definition) is 8. The maximum atomic E-state index is 13.2. The Labute approximate surface area is 180 Å². The second-order valence-corrected chi connectivity index (χ2v) is 6.78. The average Bonchev–Trinajstić information content (AvgIpc) is 2.81. The molecule has 1 amide bonds. The second kappa shape index (κ2) is 9.41. The van der Waals surface area contributed by atoms with E-state index in [9.17, 15) is 14.9 Å². The first kappa shape index (κ1) is 22.0. The number of nitrogens with zero attached hydrogens (tertiary/aromatic N) is 3. The van der Waals surface area contributed by atoms with Gasteiger partial charge in [-0.3, -0.25) is 14.9 Å². The molecular formula is C21H25N3O7. The van der Waals surface area contributed by atoms with Gasteiger partial charge in [-0.05, 0) is 12.1 Å². The van der Waals surface area contributed by atoms with Crippen LogP contribution in [0.4, 0.5) is 11.4 Å². The number of nitro groups is 1. The standard InChI is InChI=1S/C21H25N3O7/c1-28-15-7-5-6-14(12-15)22-8-10-23(11-9-22)21(25)16-13-17(29-2)19(30-3)20(31-4)18(16)24(26)27/h5-7,12-13H,8-11H2,1-4H3. The summed E-state index contributed by atoms with van der Waals surface area (Å²) in [5.74, 6) is 0.393. The summed E-state index contributed by atoms with van der Waals surface area (Å²) in [5.41, 5.74) is 0.444. The topological polar surface area (TPSA) is 104 Å². The highest BCUT2D eigenvalue weighted by Gasteiger charge is 2.35. The van der Waals surface area contributed by atoms with E-state index in [0.29, 0.717) is 26.2 Å². The lowest BCUT2D eigenvalue weighted by Gasteiger charge is -2.36. The maximum Gasteiger partial charge on any atom is 0.327 e. The van der Waals surface area contributed by atoms with Crippen molar-refractivity contribution in [3.63, 3.8) is 0 Å². The van der Waals surface area contributed by atoms with Crippen molar-refractivity contribution < 1.29 is 28.7 Å². The van der Waals surface area contributed by atoms with E-state index in [1.165, 1.54) is 27.4 Å². The summed E-state index contributed by atoms with van der Waals surface area (Å²) in [6.07, 6.45) is 0. The van der Waals surface area contributed by atoms with Crippen molar-refractivity contribution in [1.82, 2.24) is 4.90 Å². The van der Waals surface area contributed by atoms with Crippen LogP contribution in [0, 0.1) is 10.1 Å². The predicted molar refractivity (Wildman–Crippen MR) is 114 cm³/mol. The van der Waals surface area contributed by atoms with Crippen LogP contribution in [0.1, 0.15) is 10.4 Å². The van der Waals surface area contributed by atoms with Gasteiger partial charge in [-0.15, -0.1) is 0 Å². The molecule has 0 bridgehead atoms. The van der Waals surface area contributed by atoms with E-state index in [1.807, 2.05) is 24.3 Å². The zero-order chi connectivity index (χ0) is 22.5. The van der Waals surface area contributed by atoms with E-state index in [0.717, 1.165) is 11.4 Å². The number of benzene rings is 2. The van der Waals surface area contributed by atoms with Crippen molar-refractivity contribution in [2.45, 2.75) is 0 Å². The number of carbonyl (C=O) groups excluding carboxylic acids is 1. The molecule has 0 aromatic heterocycles. The van der Waals surface area contributed by atoms with Gasteiger partial charge >= 0.3 is 5.69 Å². The third kappa shape index (κ3) is 4.27. The molecule has 0 spiro atoms. The normalized spacial score (nSPS) is 13.5. The van der Waals surface area contributed by atoms with E-state index >= 15 is 0 Å². The Morgan fingerprint density at radius 3 is 2.16 bits per heavy atom. The van der Waals surface area contributed by atoms with E-state index in [-0.39, 0.29) is 22.8 Å². The number of amides is 1. The molecular weight excluding hydrogens is 406 g/mol. The first-order chi connectivity index (χ1) is 14.9. The number of hydrogen-bond donors (Lipinski definition) is 0. The van der Waals surface area contributed by atoms with Crippen LogP contribution >= 0.6 is 0 Å². The Kier molecular flexibility index (Phi) is 6.68. The molecule has 2 aromatic carbocycles. The molecule has 0 radical (unpaired) electrons. The maximum absolute atomic E-state index is 13.2. The van der Waals surface area contributed by atoms with E-state index in [1.54, 1.807) is 12.0 Å². The molecule has 1 saturated heterocycles. The summed E-state index contributed by atoms with van der Waals surface area (Å²) in [5, 5.41) is 11.8. The second-order valence-electron chi connectivity index (χ2n) is 6.78. The molecule has 31 heavy (non-hydrogen) atoms. The molecule has 10 nitrogen and oxygen atoms in total. The Bertz CT molecular complexity index is 972. The number of nitro benzene ring substituents is 1. The third-order valence-corrected chi connectivity index (χ3v) is 5.20. The summed E-state index contributed by atoms with van der Waals surface area (Å²) in [7, 11) is 5.64. The van der Waals surface area contributed by atoms with Crippen LogP contribution in [0.15, 0.2) is 30.3 Å². The van der Waals surface area contributed by atoms with Crippen molar-refractivity contribution in [2.24, 2.45) is 0 Å². The Balaban J connectivity index is 1.87. The van der Waals surface area contributed by atoms with Crippen LogP contribution in [0.5, 0.6) is 23.0 Å². The fourth-order valence-corrected chi connectivity index (χ4v) is 3.63. The molecule has 1 fully saturated rings. The lowest BCUT2D eigenvalue weighted by Crippen LogP contribution is -2.48. The van der Waals surface area contributed by atoms with Crippen LogP contribution in [-0.4, -0.2) is 70.3 Å². The molecule has 1 aliphatic heterocycles. The van der Waals surface area contributed by atoms with Crippen LogP contribution in [0.3, 0.4) is 0 Å². The van der Waals surface area contributed by atoms with Gasteiger partial charge in [0.1, 0.15) is 11.3 Å². The highest BCUT2D eigenvalue weighted by molar-refractivity contribution is 6.00. The van der Waals surface area contributed by atoms with Gasteiger partial charge in [0.15, 0.2) is 5.75 Å². The van der Waals surface area contributed by atoms with Crippen molar-refractivity contribution >= 4 is 17.3 Å². The molecule has 0 aliphatic carbocycles. The predicted octanol–water partition coefficient (Wildman–Crippen LogP) is 2.59. The fraction of sp³-hybridized carbons (Fsp3) is 0.381. The van der Waals surface area contributed by atoms with Crippen molar-refractivity contribution in [3.05, 3.63) is 46.0 Å². The molecule has 0 N–H and O–H groups in total. The minimum atomic E-state index is -0.638. The van der Waals surface area contributed by atoms with Crippen molar-refractivity contribution in [2.75, 3.05) is 59.5 Å². The summed E-state index contributed by atoms with van der Waals surface area (Å²) >= 11 is 0. The number of piperazine rings is 1. The van der Waals surface area contributed by atoms with E-state index in [4.69, 9.17) is 18.9 Å². The van der Waals surface area contributed by atoms with E-state index in [2.05, 4.69) is 4.90 Å². The largest absolute Gasteiger partial charge is 0.497 e. The lowest BCUT2D eigenvalue weighted by atomic mass is 10.1. The van der Waals surface area contributed by atoms with Gasteiger partial charge in [0, 0.05) is 44.0 Å². The van der Waals surface area contributed by atoms with Gasteiger partial charge in [0.2, 0.25) is 11.5 Å². The number of ether oxygens (including phenoxy) is 4. The zero-order valence-corrected chi connectivity index (χ0v) is 17.9. The smallest absolute Gasteiger partial charge is 0.327 e. The van der Waals surface area contributed by atoms with Gasteiger partial charge in [-0.2, -0.15) is 0 Å². The van der Waals surface area contributed by atoms with Gasteiger partial charge in [-0.1, -0.05) is 6.07 Å². The van der Waals surface area contributed by atoms with Gasteiger partial charge in [0.25, 0.3) is 5.91 Å². The van der Waals surface area contributed by atoms with Crippen LogP contribution in [-0.2, 0) is 0 Å². The first-order valence-electron chi connectivity index (χ1n) is 9.60. The van der Waals surface area contributed by atoms with Gasteiger partial charge in [-0.25, -0.2) is 0 Å². The Morgan fingerprint density at radius 2 is 1.61 bits per heavy atom. The van der Waals surface area contributed by atoms with Gasteiger partial charge < -0.3 is 28.7 Å². The molecule has 166 valence electrons. The van der Waals surface area contributed by atoms with E-state index < -0.39 is 16.5 Å². The zero-order valence-electron chi connectivity index (χ0n) is 17.9. The average molecular weight is 431 g/mol. The first-order valence-corrected chi connectivity index (χ1v) is 9.60. The molecule has 10 heteroatoms. The summed E-state index contributed by atoms with van der Waals surface area (Å²) < 4.78 is 21.0. The van der Waals surface area contributed by atoms with Crippen LogP contribution < -0.4 is 23.8 Å². The molecule has 3 rings (SSSR count). The Hall–Kier alpha value is -3.69. The van der Waals surface area contributed by atoms with Crippen LogP contribution in [0.25, 0.3) is 0 Å². The quantitative estimate of drug-likeness (QED) is 0.487. The minimum absolute atomic E-state index is 0.0658. The number of rotatable bonds is 7. The van der Waals surface area contributed by atoms with Crippen LogP contribution in [0.2, 0.25) is 0 Å². The van der Waals surface area contributed by atoms with Crippen molar-refractivity contribution in [1.29, 1.82) is 0 Å². The molecule has 1 heterocycles. The molecule has 1 aliphatic rings. The molecule has 2 aromatic rings. The Morgan fingerprint density at radius 1 is 0.935 bits per heavy atom. The third-order valence-electron chi connectivity index (χ3n) is 5.20. The number of carbonyl (C=O) groups is 1. The molecule has 0 saturated carbocycles. The lowest BCUT2D eigenvalue weighted by molar-refractivity contribution is -0.386. The summed E-state index contributed by atoms with van der Waals surface area (Å²) in [4.78, 5) is 28.1. The molecule has 0 atom stereocenters. The number of anilines is 1. The number of methoxy groups -OCH3 is 4. The van der Waals surface area contributed by atoms with Crippen molar-refractivity contribution in [3.8, 4) is 23.0 Å². The minimum Gasteiger partial charge on any atom is -0.497 e. The molecule has 0 unspecified atom stereocenters. The fourth-order valence-electron chi connectivity index (χ4n) is 3.63. The summed E-state index contributed by atoms with van der Waals surface area (Å²) in [6.45, 7) is 1.97. The summed E-state index contributed by atoms with van der Waals surface area (Å²) in [6, 6.07) is 9.01. The van der Waals surface area contributed by atoms with Gasteiger partial charge in [0.05, 0.1) is 33.4 Å². The highest BCUT2D eigenvalue weighted by atomic mass is 16.6. The monoisotopic (exact) mass is 431 g/mol. The SMILES string of the molecule is COc1cccc(N2CCN(C(=O)c3cc(OC)c(OC)c(OC)c3[N+](=O)[O-])CC2)c1.